The van der Waals surface area contributed by atoms with Gasteiger partial charge in [0.2, 0.25) is 5.91 Å². The van der Waals surface area contributed by atoms with E-state index in [4.69, 9.17) is 4.74 Å². The molecule has 1 heterocycles. The first-order valence-electron chi connectivity index (χ1n) is 9.15. The number of carbonyl (C=O) groups is 5. The molecule has 4 amide bonds. The van der Waals surface area contributed by atoms with E-state index in [1.165, 1.54) is 31.2 Å². The second-order valence-electron chi connectivity index (χ2n) is 6.43. The van der Waals surface area contributed by atoms with Crippen molar-refractivity contribution in [2.75, 3.05) is 19.7 Å². The van der Waals surface area contributed by atoms with Gasteiger partial charge in [-0.3, -0.25) is 24.1 Å². The molecule has 2 N–H and O–H groups in total. The lowest BCUT2D eigenvalue weighted by Gasteiger charge is -2.13. The molecule has 9 nitrogen and oxygen atoms in total. The number of benzene rings is 1. The van der Waals surface area contributed by atoms with Gasteiger partial charge in [-0.15, -0.1) is 6.58 Å². The van der Waals surface area contributed by atoms with Crippen molar-refractivity contribution in [1.29, 1.82) is 0 Å². The van der Waals surface area contributed by atoms with Gasteiger partial charge in [0.15, 0.2) is 6.61 Å². The molecule has 0 bridgehead atoms. The molecular formula is C20H23N3O6. The topological polar surface area (TPSA) is 122 Å². The SMILES string of the molecule is C=CCN1C(=O)c2ccc(C(=O)OCC(=O)N[C@H](C)C(=O)NCCC)cc2C1=O. The Bertz CT molecular complexity index is 864. The summed E-state index contributed by atoms with van der Waals surface area (Å²) in [7, 11) is 0. The van der Waals surface area contributed by atoms with E-state index in [0.29, 0.717) is 6.54 Å². The summed E-state index contributed by atoms with van der Waals surface area (Å²) >= 11 is 0. The fraction of sp³-hybridized carbons (Fsp3) is 0.350. The summed E-state index contributed by atoms with van der Waals surface area (Å²) in [6.45, 7) is 6.90. The fourth-order valence-electron chi connectivity index (χ4n) is 2.68. The Morgan fingerprint density at radius 1 is 1.21 bits per heavy atom. The standard InChI is InChI=1S/C20H23N3O6/c1-4-8-21-17(25)12(3)22-16(24)11-29-20(28)13-6-7-14-15(10-13)19(27)23(9-5-2)18(14)26/h5-7,10,12H,2,4,8-9,11H2,1,3H3,(H,21,25)(H,22,24)/t12-/m1/s1. The van der Waals surface area contributed by atoms with Crippen LogP contribution in [0.25, 0.3) is 0 Å². The molecule has 0 radical (unpaired) electrons. The van der Waals surface area contributed by atoms with E-state index in [1.54, 1.807) is 0 Å². The van der Waals surface area contributed by atoms with Crippen LogP contribution in [-0.4, -0.2) is 60.2 Å². The average molecular weight is 401 g/mol. The Balaban J connectivity index is 1.95. The summed E-state index contributed by atoms with van der Waals surface area (Å²) < 4.78 is 4.94. The number of hydrogen-bond donors (Lipinski definition) is 2. The van der Waals surface area contributed by atoms with Gasteiger partial charge >= 0.3 is 5.97 Å². The second-order valence-corrected chi connectivity index (χ2v) is 6.43. The van der Waals surface area contributed by atoms with Gasteiger partial charge in [-0.05, 0) is 31.5 Å². The van der Waals surface area contributed by atoms with E-state index >= 15 is 0 Å². The zero-order valence-electron chi connectivity index (χ0n) is 16.3. The number of ether oxygens (including phenoxy) is 1. The van der Waals surface area contributed by atoms with Crippen molar-refractivity contribution in [3.8, 4) is 0 Å². The fourth-order valence-corrected chi connectivity index (χ4v) is 2.68. The summed E-state index contributed by atoms with van der Waals surface area (Å²) in [5.41, 5.74) is 0.321. The molecule has 154 valence electrons. The smallest absolute Gasteiger partial charge is 0.338 e. The molecule has 0 spiro atoms. The van der Waals surface area contributed by atoms with E-state index in [2.05, 4.69) is 17.2 Å². The first kappa shape index (κ1) is 21.8. The molecule has 1 aliphatic heterocycles. The summed E-state index contributed by atoms with van der Waals surface area (Å²) in [4.78, 5) is 61.3. The van der Waals surface area contributed by atoms with Crippen LogP contribution < -0.4 is 10.6 Å². The number of rotatable bonds is 9. The lowest BCUT2D eigenvalue weighted by Crippen LogP contribution is -2.46. The van der Waals surface area contributed by atoms with Crippen LogP contribution in [0.4, 0.5) is 0 Å². The summed E-state index contributed by atoms with van der Waals surface area (Å²) in [5.74, 6) is -2.78. The number of fused-ring (bicyclic) bond motifs is 1. The molecule has 0 unspecified atom stereocenters. The van der Waals surface area contributed by atoms with E-state index < -0.39 is 36.3 Å². The zero-order valence-corrected chi connectivity index (χ0v) is 16.3. The van der Waals surface area contributed by atoms with Crippen LogP contribution in [0.3, 0.4) is 0 Å². The lowest BCUT2D eigenvalue weighted by atomic mass is 10.1. The highest BCUT2D eigenvalue weighted by molar-refractivity contribution is 6.22. The van der Waals surface area contributed by atoms with Crippen LogP contribution in [0.5, 0.6) is 0 Å². The van der Waals surface area contributed by atoms with E-state index in [0.717, 1.165) is 11.3 Å². The normalized spacial score (nSPS) is 13.5. The van der Waals surface area contributed by atoms with Gasteiger partial charge in [-0.1, -0.05) is 13.0 Å². The Morgan fingerprint density at radius 2 is 1.90 bits per heavy atom. The zero-order chi connectivity index (χ0) is 21.6. The number of nitrogens with one attached hydrogen (secondary N) is 2. The van der Waals surface area contributed by atoms with Crippen molar-refractivity contribution in [1.82, 2.24) is 15.5 Å². The van der Waals surface area contributed by atoms with Gasteiger partial charge in [-0.25, -0.2) is 4.79 Å². The monoisotopic (exact) mass is 401 g/mol. The van der Waals surface area contributed by atoms with Crippen LogP contribution >= 0.6 is 0 Å². The van der Waals surface area contributed by atoms with Crippen molar-refractivity contribution < 1.29 is 28.7 Å². The largest absolute Gasteiger partial charge is 0.452 e. The summed E-state index contributed by atoms with van der Waals surface area (Å²) in [6, 6.07) is 3.21. The average Bonchev–Trinajstić information content (AvgIpc) is 2.94. The maximum atomic E-state index is 12.3. The van der Waals surface area contributed by atoms with Crippen molar-refractivity contribution in [2.24, 2.45) is 0 Å². The first-order valence-corrected chi connectivity index (χ1v) is 9.15. The number of imide groups is 1. The minimum atomic E-state index is -0.826. The molecule has 0 fully saturated rings. The molecular weight excluding hydrogens is 378 g/mol. The number of carbonyl (C=O) groups excluding carboxylic acids is 5. The molecule has 1 atom stereocenters. The highest BCUT2D eigenvalue weighted by atomic mass is 16.5. The van der Waals surface area contributed by atoms with Gasteiger partial charge in [0.05, 0.1) is 16.7 Å². The quantitative estimate of drug-likeness (QED) is 0.356. The van der Waals surface area contributed by atoms with Crippen LogP contribution in [-0.2, 0) is 14.3 Å². The van der Waals surface area contributed by atoms with Gasteiger partial charge in [0.25, 0.3) is 17.7 Å². The third-order valence-corrected chi connectivity index (χ3v) is 4.17. The van der Waals surface area contributed by atoms with Crippen molar-refractivity contribution in [3.63, 3.8) is 0 Å². The number of amides is 4. The number of esters is 1. The van der Waals surface area contributed by atoms with Crippen LogP contribution in [0.1, 0.15) is 51.3 Å². The Hall–Kier alpha value is -3.49. The van der Waals surface area contributed by atoms with E-state index in [1.807, 2.05) is 6.92 Å². The summed E-state index contributed by atoms with van der Waals surface area (Å²) in [6.07, 6.45) is 2.20. The molecule has 1 aromatic carbocycles. The van der Waals surface area contributed by atoms with Crippen LogP contribution in [0, 0.1) is 0 Å². The van der Waals surface area contributed by atoms with Crippen molar-refractivity contribution >= 4 is 29.6 Å². The van der Waals surface area contributed by atoms with E-state index in [-0.39, 0.29) is 29.1 Å². The van der Waals surface area contributed by atoms with Crippen LogP contribution in [0.2, 0.25) is 0 Å². The van der Waals surface area contributed by atoms with Gasteiger partial charge in [0.1, 0.15) is 6.04 Å². The molecule has 1 aliphatic rings. The number of hydrogen-bond acceptors (Lipinski definition) is 6. The molecule has 1 aromatic rings. The molecule has 0 saturated heterocycles. The molecule has 0 aromatic heterocycles. The lowest BCUT2D eigenvalue weighted by molar-refractivity contribution is -0.130. The molecule has 29 heavy (non-hydrogen) atoms. The second kappa shape index (κ2) is 9.63. The highest BCUT2D eigenvalue weighted by Crippen LogP contribution is 2.24. The minimum absolute atomic E-state index is 0.0342. The van der Waals surface area contributed by atoms with Gasteiger partial charge in [-0.2, -0.15) is 0 Å². The predicted molar refractivity (Wildman–Crippen MR) is 103 cm³/mol. The van der Waals surface area contributed by atoms with Crippen molar-refractivity contribution in [2.45, 2.75) is 26.3 Å². The first-order chi connectivity index (χ1) is 13.8. The van der Waals surface area contributed by atoms with Gasteiger partial charge < -0.3 is 15.4 Å². The third-order valence-electron chi connectivity index (χ3n) is 4.17. The maximum absolute atomic E-state index is 12.3. The molecule has 9 heteroatoms. The predicted octanol–water partition coefficient (Wildman–Crippen LogP) is 0.656. The van der Waals surface area contributed by atoms with Crippen LogP contribution in [0.15, 0.2) is 30.9 Å². The maximum Gasteiger partial charge on any atom is 0.338 e. The Labute approximate surface area is 168 Å². The van der Waals surface area contributed by atoms with Crippen molar-refractivity contribution in [3.05, 3.63) is 47.5 Å². The van der Waals surface area contributed by atoms with E-state index in [9.17, 15) is 24.0 Å². The number of nitrogens with zero attached hydrogens (tertiary/aromatic N) is 1. The minimum Gasteiger partial charge on any atom is -0.452 e. The van der Waals surface area contributed by atoms with Gasteiger partial charge in [0, 0.05) is 13.1 Å². The third kappa shape index (κ3) is 5.07. The highest BCUT2D eigenvalue weighted by Gasteiger charge is 2.35. The molecule has 0 aliphatic carbocycles. The molecule has 2 rings (SSSR count). The Kier molecular flexibility index (Phi) is 7.24. The summed E-state index contributed by atoms with van der Waals surface area (Å²) in [5, 5.41) is 5.07. The Morgan fingerprint density at radius 3 is 2.55 bits per heavy atom. The molecule has 0 saturated carbocycles.